The molecule has 12 heavy (non-hydrogen) atoms. The standard InChI is InChI=1S/C10H12O2/c1-3-9-6-4-5-7-10(9)12-8-11-2/h3-7H,1,8H2,2H3. The van der Waals surface area contributed by atoms with E-state index in [1.165, 1.54) is 0 Å². The van der Waals surface area contributed by atoms with Crippen LogP contribution in [-0.2, 0) is 4.74 Å². The predicted molar refractivity (Wildman–Crippen MR) is 49.0 cm³/mol. The van der Waals surface area contributed by atoms with Gasteiger partial charge in [-0.15, -0.1) is 0 Å². The van der Waals surface area contributed by atoms with Gasteiger partial charge in [-0.2, -0.15) is 0 Å². The number of benzene rings is 1. The molecule has 64 valence electrons. The monoisotopic (exact) mass is 164 g/mol. The summed E-state index contributed by atoms with van der Waals surface area (Å²) in [5, 5.41) is 0. The highest BCUT2D eigenvalue weighted by Crippen LogP contribution is 2.18. The molecule has 0 bridgehead atoms. The first-order valence-electron chi connectivity index (χ1n) is 3.71. The van der Waals surface area contributed by atoms with Crippen molar-refractivity contribution in [3.63, 3.8) is 0 Å². The third kappa shape index (κ3) is 2.10. The number of rotatable bonds is 4. The maximum atomic E-state index is 5.28. The summed E-state index contributed by atoms with van der Waals surface area (Å²) in [6.07, 6.45) is 1.75. The van der Waals surface area contributed by atoms with Gasteiger partial charge in [-0.25, -0.2) is 0 Å². The zero-order valence-corrected chi connectivity index (χ0v) is 7.12. The van der Waals surface area contributed by atoms with E-state index in [-0.39, 0.29) is 6.79 Å². The van der Waals surface area contributed by atoms with Crippen molar-refractivity contribution in [3.05, 3.63) is 36.4 Å². The van der Waals surface area contributed by atoms with Gasteiger partial charge in [-0.3, -0.25) is 0 Å². The third-order valence-electron chi connectivity index (χ3n) is 1.47. The van der Waals surface area contributed by atoms with Gasteiger partial charge < -0.3 is 9.47 Å². The van der Waals surface area contributed by atoms with Crippen molar-refractivity contribution in [1.29, 1.82) is 0 Å². The number of hydrogen-bond donors (Lipinski definition) is 0. The van der Waals surface area contributed by atoms with Crippen LogP contribution >= 0.6 is 0 Å². The molecule has 0 heterocycles. The molecule has 0 N–H and O–H groups in total. The fraction of sp³-hybridized carbons (Fsp3) is 0.200. The zero-order chi connectivity index (χ0) is 8.81. The van der Waals surface area contributed by atoms with Crippen LogP contribution in [0, 0.1) is 0 Å². The molecule has 0 saturated heterocycles. The van der Waals surface area contributed by atoms with Crippen molar-refractivity contribution in [2.24, 2.45) is 0 Å². The van der Waals surface area contributed by atoms with Crippen LogP contribution in [0.3, 0.4) is 0 Å². The molecular formula is C10H12O2. The molecule has 1 rings (SSSR count). The van der Waals surface area contributed by atoms with E-state index in [0.29, 0.717) is 0 Å². The van der Waals surface area contributed by atoms with Crippen molar-refractivity contribution in [3.8, 4) is 5.75 Å². The Kier molecular flexibility index (Phi) is 3.35. The van der Waals surface area contributed by atoms with Gasteiger partial charge in [0, 0.05) is 12.7 Å². The molecule has 1 aromatic rings. The third-order valence-corrected chi connectivity index (χ3v) is 1.47. The Labute approximate surface area is 72.4 Å². The quantitative estimate of drug-likeness (QED) is 0.636. The molecule has 0 atom stereocenters. The average Bonchev–Trinajstić information content (AvgIpc) is 2.15. The smallest absolute Gasteiger partial charge is 0.188 e. The Morgan fingerprint density at radius 2 is 2.17 bits per heavy atom. The zero-order valence-electron chi connectivity index (χ0n) is 7.12. The van der Waals surface area contributed by atoms with Gasteiger partial charge in [0.1, 0.15) is 5.75 Å². The molecule has 0 aliphatic carbocycles. The number of methoxy groups -OCH3 is 1. The lowest BCUT2D eigenvalue weighted by Gasteiger charge is -2.06. The van der Waals surface area contributed by atoms with E-state index in [9.17, 15) is 0 Å². The van der Waals surface area contributed by atoms with E-state index in [4.69, 9.17) is 9.47 Å². The summed E-state index contributed by atoms with van der Waals surface area (Å²) in [6, 6.07) is 7.68. The molecular weight excluding hydrogens is 152 g/mol. The normalized spacial score (nSPS) is 9.42. The molecule has 1 aromatic carbocycles. The molecule has 2 heteroatoms. The highest BCUT2D eigenvalue weighted by atomic mass is 16.7. The summed E-state index contributed by atoms with van der Waals surface area (Å²) in [6.45, 7) is 3.95. The van der Waals surface area contributed by atoms with Crippen molar-refractivity contribution < 1.29 is 9.47 Å². The Morgan fingerprint density at radius 3 is 2.83 bits per heavy atom. The predicted octanol–water partition coefficient (Wildman–Crippen LogP) is 2.31. The van der Waals surface area contributed by atoms with Gasteiger partial charge >= 0.3 is 0 Å². The highest BCUT2D eigenvalue weighted by molar-refractivity contribution is 5.55. The molecule has 0 aromatic heterocycles. The summed E-state index contributed by atoms with van der Waals surface area (Å²) < 4.78 is 10.1. The lowest BCUT2D eigenvalue weighted by atomic mass is 10.2. The summed E-state index contributed by atoms with van der Waals surface area (Å²) in [5.74, 6) is 0.800. The van der Waals surface area contributed by atoms with Crippen LogP contribution in [0.1, 0.15) is 5.56 Å². The second-order valence-corrected chi connectivity index (χ2v) is 2.29. The minimum absolute atomic E-state index is 0.269. The summed E-state index contributed by atoms with van der Waals surface area (Å²) in [4.78, 5) is 0. The van der Waals surface area contributed by atoms with Crippen LogP contribution in [0.4, 0.5) is 0 Å². The first kappa shape index (κ1) is 8.81. The molecule has 0 aliphatic rings. The largest absolute Gasteiger partial charge is 0.467 e. The van der Waals surface area contributed by atoms with Gasteiger partial charge in [-0.1, -0.05) is 30.9 Å². The summed E-state index contributed by atoms with van der Waals surface area (Å²) in [5.41, 5.74) is 0.981. The van der Waals surface area contributed by atoms with Gasteiger partial charge in [0.05, 0.1) is 0 Å². The van der Waals surface area contributed by atoms with Crippen LogP contribution in [-0.4, -0.2) is 13.9 Å². The highest BCUT2D eigenvalue weighted by Gasteiger charge is 1.96. The first-order chi connectivity index (χ1) is 5.88. The van der Waals surface area contributed by atoms with Crippen LogP contribution < -0.4 is 4.74 Å². The maximum Gasteiger partial charge on any atom is 0.188 e. The summed E-state index contributed by atoms with van der Waals surface area (Å²) >= 11 is 0. The minimum Gasteiger partial charge on any atom is -0.467 e. The van der Waals surface area contributed by atoms with E-state index >= 15 is 0 Å². The lowest BCUT2D eigenvalue weighted by molar-refractivity contribution is 0.0510. The Hall–Kier alpha value is -1.28. The summed E-state index contributed by atoms with van der Waals surface area (Å²) in [7, 11) is 1.59. The van der Waals surface area contributed by atoms with Gasteiger partial charge in [-0.05, 0) is 6.07 Å². The second kappa shape index (κ2) is 4.57. The fourth-order valence-corrected chi connectivity index (χ4v) is 0.903. The van der Waals surface area contributed by atoms with Crippen molar-refractivity contribution in [2.75, 3.05) is 13.9 Å². The Balaban J connectivity index is 2.75. The minimum atomic E-state index is 0.269. The molecule has 0 radical (unpaired) electrons. The van der Waals surface area contributed by atoms with E-state index in [1.807, 2.05) is 24.3 Å². The Morgan fingerprint density at radius 1 is 1.42 bits per heavy atom. The molecule has 0 fully saturated rings. The molecule has 2 nitrogen and oxygen atoms in total. The van der Waals surface area contributed by atoms with Crippen LogP contribution in [0.5, 0.6) is 5.75 Å². The molecule has 0 unspecified atom stereocenters. The van der Waals surface area contributed by atoms with Crippen molar-refractivity contribution >= 4 is 6.08 Å². The van der Waals surface area contributed by atoms with E-state index in [2.05, 4.69) is 6.58 Å². The Bertz CT molecular complexity index is 256. The second-order valence-electron chi connectivity index (χ2n) is 2.29. The molecule has 0 spiro atoms. The molecule has 0 aliphatic heterocycles. The molecule has 0 amide bonds. The van der Waals surface area contributed by atoms with Crippen molar-refractivity contribution in [1.82, 2.24) is 0 Å². The van der Waals surface area contributed by atoms with Crippen molar-refractivity contribution in [2.45, 2.75) is 0 Å². The SMILES string of the molecule is C=Cc1ccccc1OCOC. The fourth-order valence-electron chi connectivity index (χ4n) is 0.903. The number of para-hydroxylation sites is 1. The molecule has 0 saturated carbocycles. The lowest BCUT2D eigenvalue weighted by Crippen LogP contribution is -1.99. The van der Waals surface area contributed by atoms with E-state index in [0.717, 1.165) is 11.3 Å². The van der Waals surface area contributed by atoms with Gasteiger partial charge in [0.2, 0.25) is 0 Å². The number of hydrogen-bond acceptors (Lipinski definition) is 2. The van der Waals surface area contributed by atoms with Gasteiger partial charge in [0.15, 0.2) is 6.79 Å². The van der Waals surface area contributed by atoms with Crippen LogP contribution in [0.25, 0.3) is 6.08 Å². The van der Waals surface area contributed by atoms with E-state index in [1.54, 1.807) is 13.2 Å². The van der Waals surface area contributed by atoms with Crippen LogP contribution in [0.2, 0.25) is 0 Å². The first-order valence-corrected chi connectivity index (χ1v) is 3.71. The van der Waals surface area contributed by atoms with Gasteiger partial charge in [0.25, 0.3) is 0 Å². The average molecular weight is 164 g/mol. The van der Waals surface area contributed by atoms with Crippen LogP contribution in [0.15, 0.2) is 30.8 Å². The van der Waals surface area contributed by atoms with E-state index < -0.39 is 0 Å². The maximum absolute atomic E-state index is 5.28. The number of ether oxygens (including phenoxy) is 2. The topological polar surface area (TPSA) is 18.5 Å².